The lowest BCUT2D eigenvalue weighted by atomic mass is 9.96. The lowest BCUT2D eigenvalue weighted by molar-refractivity contribution is -0.126. The largest absolute Gasteiger partial charge is 0.496 e. The van der Waals surface area contributed by atoms with Crippen LogP contribution < -0.4 is 10.1 Å². The van der Waals surface area contributed by atoms with Crippen LogP contribution in [0.1, 0.15) is 24.2 Å². The van der Waals surface area contributed by atoms with Crippen LogP contribution in [0.4, 0.5) is 0 Å². The van der Waals surface area contributed by atoms with Crippen molar-refractivity contribution in [1.82, 2.24) is 20.2 Å². The molecule has 1 aliphatic rings. The van der Waals surface area contributed by atoms with E-state index in [4.69, 9.17) is 4.74 Å². The summed E-state index contributed by atoms with van der Waals surface area (Å²) in [5, 5.41) is 3.07. The first-order valence-corrected chi connectivity index (χ1v) is 9.78. The van der Waals surface area contributed by atoms with E-state index in [1.165, 1.54) is 0 Å². The Morgan fingerprint density at radius 2 is 1.93 bits per heavy atom. The van der Waals surface area contributed by atoms with Crippen LogP contribution in [0.15, 0.2) is 48.5 Å². The molecule has 1 aliphatic heterocycles. The maximum absolute atomic E-state index is 12.6. The molecule has 0 atom stereocenters. The number of aromatic nitrogens is 2. The van der Waals surface area contributed by atoms with Gasteiger partial charge in [0.2, 0.25) is 5.91 Å². The molecule has 0 unspecified atom stereocenters. The molecule has 1 amide bonds. The van der Waals surface area contributed by atoms with Crippen LogP contribution >= 0.6 is 0 Å². The summed E-state index contributed by atoms with van der Waals surface area (Å²) in [6, 6.07) is 15.9. The SMILES string of the molecule is COc1ccccc1CNC(=O)C1CCN(Cc2nc3ccccc3[nH]2)CC1. The average molecular weight is 378 g/mol. The highest BCUT2D eigenvalue weighted by Crippen LogP contribution is 2.21. The Morgan fingerprint density at radius 1 is 1.18 bits per heavy atom. The number of hydrogen-bond donors (Lipinski definition) is 2. The van der Waals surface area contributed by atoms with E-state index in [0.717, 1.165) is 60.6 Å². The number of hydrogen-bond acceptors (Lipinski definition) is 4. The monoisotopic (exact) mass is 378 g/mol. The predicted molar refractivity (Wildman–Crippen MR) is 109 cm³/mol. The topological polar surface area (TPSA) is 70.2 Å². The molecule has 3 aromatic rings. The van der Waals surface area contributed by atoms with E-state index in [0.29, 0.717) is 6.54 Å². The fourth-order valence-corrected chi connectivity index (χ4v) is 3.82. The van der Waals surface area contributed by atoms with E-state index >= 15 is 0 Å². The number of aromatic amines is 1. The number of rotatable bonds is 6. The van der Waals surface area contributed by atoms with Crippen LogP contribution in [0.3, 0.4) is 0 Å². The third kappa shape index (κ3) is 4.17. The lowest BCUT2D eigenvalue weighted by Gasteiger charge is -2.30. The van der Waals surface area contributed by atoms with Gasteiger partial charge in [-0.25, -0.2) is 4.98 Å². The van der Waals surface area contributed by atoms with Crippen LogP contribution in [0.5, 0.6) is 5.75 Å². The van der Waals surface area contributed by atoms with Crippen LogP contribution in [0.2, 0.25) is 0 Å². The number of imidazole rings is 1. The van der Waals surface area contributed by atoms with Crippen molar-refractivity contribution in [2.45, 2.75) is 25.9 Å². The fourth-order valence-electron chi connectivity index (χ4n) is 3.82. The molecule has 0 radical (unpaired) electrons. The number of methoxy groups -OCH3 is 1. The number of amides is 1. The summed E-state index contributed by atoms with van der Waals surface area (Å²) in [7, 11) is 1.65. The summed E-state index contributed by atoms with van der Waals surface area (Å²) >= 11 is 0. The Bertz CT molecular complexity index is 911. The maximum atomic E-state index is 12.6. The van der Waals surface area contributed by atoms with Gasteiger partial charge in [0.05, 0.1) is 24.7 Å². The summed E-state index contributed by atoms with van der Waals surface area (Å²) in [5.41, 5.74) is 3.08. The normalized spacial score (nSPS) is 15.6. The van der Waals surface area contributed by atoms with E-state index in [1.54, 1.807) is 7.11 Å². The van der Waals surface area contributed by atoms with Crippen LogP contribution in [-0.4, -0.2) is 41.0 Å². The molecule has 2 heterocycles. The van der Waals surface area contributed by atoms with Crippen LogP contribution in [-0.2, 0) is 17.9 Å². The Morgan fingerprint density at radius 3 is 2.71 bits per heavy atom. The molecular weight excluding hydrogens is 352 g/mol. The Balaban J connectivity index is 1.27. The standard InChI is InChI=1S/C22H26N4O2/c1-28-20-9-5-2-6-17(20)14-23-22(27)16-10-12-26(13-11-16)15-21-24-18-7-3-4-8-19(18)25-21/h2-9,16H,10-15H2,1H3,(H,23,27)(H,24,25). The highest BCUT2D eigenvalue weighted by molar-refractivity contribution is 5.78. The summed E-state index contributed by atoms with van der Waals surface area (Å²) in [6.07, 6.45) is 1.75. The van der Waals surface area contributed by atoms with Crippen molar-refractivity contribution in [3.63, 3.8) is 0 Å². The van der Waals surface area contributed by atoms with Gasteiger partial charge in [-0.05, 0) is 44.1 Å². The number of piperidine rings is 1. The third-order valence-electron chi connectivity index (χ3n) is 5.42. The van der Waals surface area contributed by atoms with E-state index in [2.05, 4.69) is 20.2 Å². The van der Waals surface area contributed by atoms with E-state index in [-0.39, 0.29) is 11.8 Å². The first-order valence-electron chi connectivity index (χ1n) is 9.78. The first-order chi connectivity index (χ1) is 13.7. The lowest BCUT2D eigenvalue weighted by Crippen LogP contribution is -2.40. The second-order valence-corrected chi connectivity index (χ2v) is 7.28. The van der Waals surface area contributed by atoms with Crippen molar-refractivity contribution in [3.8, 4) is 5.75 Å². The van der Waals surface area contributed by atoms with E-state index in [1.807, 2.05) is 48.5 Å². The zero-order chi connectivity index (χ0) is 19.3. The molecule has 1 saturated heterocycles. The number of ether oxygens (including phenoxy) is 1. The molecule has 0 bridgehead atoms. The molecule has 0 aliphatic carbocycles. The molecule has 0 spiro atoms. The molecule has 1 fully saturated rings. The number of benzene rings is 2. The molecular formula is C22H26N4O2. The van der Waals surface area contributed by atoms with Gasteiger partial charge < -0.3 is 15.0 Å². The van der Waals surface area contributed by atoms with E-state index in [9.17, 15) is 4.79 Å². The number of fused-ring (bicyclic) bond motifs is 1. The molecule has 28 heavy (non-hydrogen) atoms. The molecule has 146 valence electrons. The molecule has 6 heteroatoms. The number of nitrogens with one attached hydrogen (secondary N) is 2. The van der Waals surface area contributed by atoms with Gasteiger partial charge in [0.25, 0.3) is 0 Å². The molecule has 6 nitrogen and oxygen atoms in total. The van der Waals surface area contributed by atoms with E-state index < -0.39 is 0 Å². The number of carbonyl (C=O) groups is 1. The van der Waals surface area contributed by atoms with Crippen LogP contribution in [0, 0.1) is 5.92 Å². The molecule has 1 aromatic heterocycles. The van der Waals surface area contributed by atoms with Gasteiger partial charge in [-0.15, -0.1) is 0 Å². The van der Waals surface area contributed by atoms with Gasteiger partial charge in [-0.3, -0.25) is 9.69 Å². The minimum absolute atomic E-state index is 0.0710. The third-order valence-corrected chi connectivity index (χ3v) is 5.42. The second-order valence-electron chi connectivity index (χ2n) is 7.28. The zero-order valence-electron chi connectivity index (χ0n) is 16.1. The van der Waals surface area contributed by atoms with Gasteiger partial charge in [0, 0.05) is 18.0 Å². The molecule has 0 saturated carbocycles. The summed E-state index contributed by atoms with van der Waals surface area (Å²) < 4.78 is 5.35. The molecule has 4 rings (SSSR count). The summed E-state index contributed by atoms with van der Waals surface area (Å²) in [5.74, 6) is 2.00. The average Bonchev–Trinajstić information content (AvgIpc) is 3.15. The van der Waals surface area contributed by atoms with Gasteiger partial charge in [0.1, 0.15) is 11.6 Å². The van der Waals surface area contributed by atoms with Crippen LogP contribution in [0.25, 0.3) is 11.0 Å². The molecule has 2 aromatic carbocycles. The zero-order valence-corrected chi connectivity index (χ0v) is 16.1. The number of para-hydroxylation sites is 3. The Hall–Kier alpha value is -2.86. The summed E-state index contributed by atoms with van der Waals surface area (Å²) in [4.78, 5) is 23.0. The quantitative estimate of drug-likeness (QED) is 0.692. The van der Waals surface area contributed by atoms with Crippen molar-refractivity contribution in [1.29, 1.82) is 0 Å². The number of carbonyl (C=O) groups excluding carboxylic acids is 1. The number of nitrogens with zero attached hydrogens (tertiary/aromatic N) is 2. The Labute approximate surface area is 164 Å². The maximum Gasteiger partial charge on any atom is 0.223 e. The van der Waals surface area contributed by atoms with Crippen molar-refractivity contribution in [2.75, 3.05) is 20.2 Å². The van der Waals surface area contributed by atoms with Gasteiger partial charge in [0.15, 0.2) is 0 Å². The highest BCUT2D eigenvalue weighted by atomic mass is 16.5. The minimum atomic E-state index is 0.0710. The Kier molecular flexibility index (Phi) is 5.58. The predicted octanol–water partition coefficient (Wildman–Crippen LogP) is 3.10. The first kappa shape index (κ1) is 18.5. The minimum Gasteiger partial charge on any atom is -0.496 e. The highest BCUT2D eigenvalue weighted by Gasteiger charge is 2.25. The van der Waals surface area contributed by atoms with Gasteiger partial charge >= 0.3 is 0 Å². The number of likely N-dealkylation sites (tertiary alicyclic amines) is 1. The van der Waals surface area contributed by atoms with Crippen molar-refractivity contribution in [2.24, 2.45) is 5.92 Å². The molecule has 2 N–H and O–H groups in total. The van der Waals surface area contributed by atoms with Crippen molar-refractivity contribution >= 4 is 16.9 Å². The van der Waals surface area contributed by atoms with Gasteiger partial charge in [-0.1, -0.05) is 30.3 Å². The fraction of sp³-hybridized carbons (Fsp3) is 0.364. The van der Waals surface area contributed by atoms with Gasteiger partial charge in [-0.2, -0.15) is 0 Å². The second kappa shape index (κ2) is 8.44. The van der Waals surface area contributed by atoms with Crippen molar-refractivity contribution in [3.05, 3.63) is 59.9 Å². The summed E-state index contributed by atoms with van der Waals surface area (Å²) in [6.45, 7) is 3.11. The number of H-pyrrole nitrogens is 1. The smallest absolute Gasteiger partial charge is 0.223 e. The van der Waals surface area contributed by atoms with Crippen molar-refractivity contribution < 1.29 is 9.53 Å².